The summed E-state index contributed by atoms with van der Waals surface area (Å²) in [5, 5.41) is 2.99. The molecule has 1 aromatic heterocycles. The van der Waals surface area contributed by atoms with E-state index in [2.05, 4.69) is 22.1 Å². The summed E-state index contributed by atoms with van der Waals surface area (Å²) in [4.78, 5) is 18.4. The van der Waals surface area contributed by atoms with E-state index in [0.717, 1.165) is 12.8 Å². The molecule has 1 atom stereocenters. The lowest BCUT2D eigenvalue weighted by atomic mass is 10.1. The standard InChI is InChI=1S/C16H25N3O/c1-14(19-11-2-3-12-19)6-7-16(20)18-10-8-15-5-4-9-17-13-15/h4-5,9,13-14H,2-3,6-8,10-12H2,1H3,(H,18,20)/t14-/m1/s1. The van der Waals surface area contributed by atoms with Crippen molar-refractivity contribution in [2.75, 3.05) is 19.6 Å². The Balaban J connectivity index is 1.58. The Bertz CT molecular complexity index is 401. The fourth-order valence-electron chi connectivity index (χ4n) is 2.69. The highest BCUT2D eigenvalue weighted by Gasteiger charge is 2.18. The molecule has 1 fully saturated rings. The molecule has 20 heavy (non-hydrogen) atoms. The predicted molar refractivity (Wildman–Crippen MR) is 80.5 cm³/mol. The molecule has 1 aliphatic rings. The van der Waals surface area contributed by atoms with Gasteiger partial charge in [-0.3, -0.25) is 9.78 Å². The molecular weight excluding hydrogens is 250 g/mol. The molecule has 4 heteroatoms. The number of carbonyl (C=O) groups excluding carboxylic acids is 1. The van der Waals surface area contributed by atoms with Gasteiger partial charge >= 0.3 is 0 Å². The molecule has 0 aliphatic carbocycles. The second-order valence-corrected chi connectivity index (χ2v) is 5.59. The van der Waals surface area contributed by atoms with Crippen molar-refractivity contribution in [3.8, 4) is 0 Å². The zero-order valence-corrected chi connectivity index (χ0v) is 12.3. The highest BCUT2D eigenvalue weighted by molar-refractivity contribution is 5.75. The molecule has 0 bridgehead atoms. The van der Waals surface area contributed by atoms with Crippen molar-refractivity contribution >= 4 is 5.91 Å². The van der Waals surface area contributed by atoms with Crippen molar-refractivity contribution in [1.29, 1.82) is 0 Å². The monoisotopic (exact) mass is 275 g/mol. The van der Waals surface area contributed by atoms with Gasteiger partial charge in [-0.05, 0) is 57.3 Å². The number of aromatic nitrogens is 1. The minimum absolute atomic E-state index is 0.167. The maximum absolute atomic E-state index is 11.8. The number of hydrogen-bond donors (Lipinski definition) is 1. The van der Waals surface area contributed by atoms with Crippen LogP contribution in [-0.2, 0) is 11.2 Å². The number of nitrogens with one attached hydrogen (secondary N) is 1. The van der Waals surface area contributed by atoms with Crippen LogP contribution in [0, 0.1) is 0 Å². The third kappa shape index (κ3) is 4.93. The maximum Gasteiger partial charge on any atom is 0.220 e. The Kier molecular flexibility index (Phi) is 5.99. The normalized spacial score (nSPS) is 17.1. The summed E-state index contributed by atoms with van der Waals surface area (Å²) in [7, 11) is 0. The number of nitrogens with zero attached hydrogens (tertiary/aromatic N) is 2. The number of hydrogen-bond acceptors (Lipinski definition) is 3. The summed E-state index contributed by atoms with van der Waals surface area (Å²) in [5.74, 6) is 0.167. The quantitative estimate of drug-likeness (QED) is 0.828. The van der Waals surface area contributed by atoms with Crippen molar-refractivity contribution in [3.05, 3.63) is 30.1 Å². The minimum atomic E-state index is 0.167. The minimum Gasteiger partial charge on any atom is -0.356 e. The lowest BCUT2D eigenvalue weighted by molar-refractivity contribution is -0.121. The van der Waals surface area contributed by atoms with E-state index in [4.69, 9.17) is 0 Å². The Labute approximate surface area is 121 Å². The van der Waals surface area contributed by atoms with Crippen LogP contribution in [0.4, 0.5) is 0 Å². The molecule has 110 valence electrons. The van der Waals surface area contributed by atoms with E-state index in [1.165, 1.54) is 31.5 Å². The topological polar surface area (TPSA) is 45.2 Å². The van der Waals surface area contributed by atoms with Gasteiger partial charge < -0.3 is 10.2 Å². The third-order valence-corrected chi connectivity index (χ3v) is 4.01. The zero-order chi connectivity index (χ0) is 14.2. The number of pyridine rings is 1. The number of amides is 1. The highest BCUT2D eigenvalue weighted by Crippen LogP contribution is 2.14. The molecule has 1 amide bonds. The molecule has 0 radical (unpaired) electrons. The summed E-state index contributed by atoms with van der Waals surface area (Å²) in [6.45, 7) is 5.32. The van der Waals surface area contributed by atoms with Crippen LogP contribution < -0.4 is 5.32 Å². The largest absolute Gasteiger partial charge is 0.356 e. The number of likely N-dealkylation sites (tertiary alicyclic amines) is 1. The van der Waals surface area contributed by atoms with E-state index in [-0.39, 0.29) is 5.91 Å². The summed E-state index contributed by atoms with van der Waals surface area (Å²) < 4.78 is 0. The fourth-order valence-corrected chi connectivity index (χ4v) is 2.69. The van der Waals surface area contributed by atoms with Gasteiger partial charge in [-0.2, -0.15) is 0 Å². The van der Waals surface area contributed by atoms with Gasteiger partial charge in [0.05, 0.1) is 0 Å². The van der Waals surface area contributed by atoms with Gasteiger partial charge in [0.25, 0.3) is 0 Å². The van der Waals surface area contributed by atoms with Crippen LogP contribution in [0.1, 0.15) is 38.2 Å². The average molecular weight is 275 g/mol. The van der Waals surface area contributed by atoms with Crippen LogP contribution >= 0.6 is 0 Å². The molecule has 0 saturated carbocycles. The van der Waals surface area contributed by atoms with Crippen LogP contribution in [0.25, 0.3) is 0 Å². The summed E-state index contributed by atoms with van der Waals surface area (Å²) in [5.41, 5.74) is 1.17. The van der Waals surface area contributed by atoms with Crippen LogP contribution in [-0.4, -0.2) is 41.5 Å². The summed E-state index contributed by atoms with van der Waals surface area (Å²) in [6.07, 6.45) is 8.66. The van der Waals surface area contributed by atoms with Gasteiger partial charge in [0.1, 0.15) is 0 Å². The molecule has 1 saturated heterocycles. The SMILES string of the molecule is C[C@H](CCC(=O)NCCc1cccnc1)N1CCCC1. The van der Waals surface area contributed by atoms with Gasteiger partial charge in [-0.1, -0.05) is 6.07 Å². The molecule has 0 unspecified atom stereocenters. The molecule has 2 rings (SSSR count). The van der Waals surface area contributed by atoms with E-state index in [1.54, 1.807) is 6.20 Å². The predicted octanol–water partition coefficient (Wildman–Crippen LogP) is 2.00. The van der Waals surface area contributed by atoms with E-state index < -0.39 is 0 Å². The second kappa shape index (κ2) is 8.00. The smallest absolute Gasteiger partial charge is 0.220 e. The molecule has 4 nitrogen and oxygen atoms in total. The third-order valence-electron chi connectivity index (χ3n) is 4.01. The van der Waals surface area contributed by atoms with Gasteiger partial charge in [-0.25, -0.2) is 0 Å². The van der Waals surface area contributed by atoms with E-state index in [1.807, 2.05) is 18.3 Å². The van der Waals surface area contributed by atoms with Gasteiger partial charge in [0.2, 0.25) is 5.91 Å². The first kappa shape index (κ1) is 15.0. The molecular formula is C16H25N3O. The lowest BCUT2D eigenvalue weighted by Gasteiger charge is -2.23. The van der Waals surface area contributed by atoms with Gasteiger partial charge in [-0.15, -0.1) is 0 Å². The van der Waals surface area contributed by atoms with Gasteiger partial charge in [0.15, 0.2) is 0 Å². The summed E-state index contributed by atoms with van der Waals surface area (Å²) >= 11 is 0. The molecule has 1 aliphatic heterocycles. The molecule has 0 spiro atoms. The average Bonchev–Trinajstić information content (AvgIpc) is 3.00. The lowest BCUT2D eigenvalue weighted by Crippen LogP contribution is -2.32. The van der Waals surface area contributed by atoms with Crippen molar-refractivity contribution in [3.63, 3.8) is 0 Å². The van der Waals surface area contributed by atoms with Crippen LogP contribution in [0.3, 0.4) is 0 Å². The van der Waals surface area contributed by atoms with Crippen LogP contribution in [0.5, 0.6) is 0 Å². The maximum atomic E-state index is 11.8. The van der Waals surface area contributed by atoms with Crippen molar-refractivity contribution < 1.29 is 4.79 Å². The Morgan fingerprint density at radius 3 is 2.95 bits per heavy atom. The van der Waals surface area contributed by atoms with E-state index in [0.29, 0.717) is 19.0 Å². The molecule has 2 heterocycles. The second-order valence-electron chi connectivity index (χ2n) is 5.59. The Morgan fingerprint density at radius 1 is 1.45 bits per heavy atom. The van der Waals surface area contributed by atoms with E-state index >= 15 is 0 Å². The first-order valence-corrected chi connectivity index (χ1v) is 7.65. The van der Waals surface area contributed by atoms with Crippen molar-refractivity contribution in [2.24, 2.45) is 0 Å². The number of rotatable bonds is 7. The van der Waals surface area contributed by atoms with Crippen molar-refractivity contribution in [1.82, 2.24) is 15.2 Å². The molecule has 1 N–H and O–H groups in total. The highest BCUT2D eigenvalue weighted by atomic mass is 16.1. The van der Waals surface area contributed by atoms with E-state index in [9.17, 15) is 4.79 Å². The van der Waals surface area contributed by atoms with Gasteiger partial charge in [0, 0.05) is 31.4 Å². The van der Waals surface area contributed by atoms with Crippen molar-refractivity contribution in [2.45, 2.75) is 45.1 Å². The fraction of sp³-hybridized carbons (Fsp3) is 0.625. The number of carbonyl (C=O) groups is 1. The molecule has 0 aromatic carbocycles. The van der Waals surface area contributed by atoms with Crippen LogP contribution in [0.15, 0.2) is 24.5 Å². The first-order chi connectivity index (χ1) is 9.75. The molecule has 1 aromatic rings. The summed E-state index contributed by atoms with van der Waals surface area (Å²) in [6, 6.07) is 4.49. The Morgan fingerprint density at radius 2 is 2.25 bits per heavy atom. The first-order valence-electron chi connectivity index (χ1n) is 7.65. The van der Waals surface area contributed by atoms with Crippen LogP contribution in [0.2, 0.25) is 0 Å². The zero-order valence-electron chi connectivity index (χ0n) is 12.3. The Hall–Kier alpha value is -1.42.